The predicted octanol–water partition coefficient (Wildman–Crippen LogP) is 4.01. The van der Waals surface area contributed by atoms with Crippen LogP contribution in [0.4, 0.5) is 0 Å². The highest BCUT2D eigenvalue weighted by Gasteiger charge is 2.11. The van der Waals surface area contributed by atoms with Crippen LogP contribution in [0.2, 0.25) is 0 Å². The van der Waals surface area contributed by atoms with Gasteiger partial charge in [-0.3, -0.25) is 0 Å². The van der Waals surface area contributed by atoms with E-state index < -0.39 is 0 Å². The van der Waals surface area contributed by atoms with Crippen LogP contribution in [0, 0.1) is 6.92 Å². The lowest BCUT2D eigenvalue weighted by Crippen LogP contribution is -2.09. The zero-order valence-corrected chi connectivity index (χ0v) is 10.5. The van der Waals surface area contributed by atoms with Crippen molar-refractivity contribution in [3.05, 3.63) is 20.3 Å². The predicted molar refractivity (Wildman–Crippen MR) is 63.2 cm³/mol. The molecule has 0 radical (unpaired) electrons. The fourth-order valence-corrected chi connectivity index (χ4v) is 3.19. The maximum atomic E-state index is 6.08. The van der Waals surface area contributed by atoms with Gasteiger partial charge in [0.1, 0.15) is 0 Å². The lowest BCUT2D eigenvalue weighted by molar-refractivity contribution is 0.603. The Bertz CT molecular complexity index is 270. The van der Waals surface area contributed by atoms with Gasteiger partial charge in [-0.25, -0.2) is 0 Å². The Morgan fingerprint density at radius 2 is 2.31 bits per heavy atom. The zero-order valence-electron chi connectivity index (χ0n) is 8.14. The number of unbranched alkanes of at least 4 members (excludes halogenated alkanes) is 1. The van der Waals surface area contributed by atoms with Crippen LogP contribution in [0.1, 0.15) is 42.7 Å². The van der Waals surface area contributed by atoms with E-state index in [9.17, 15) is 0 Å². The molecule has 0 aliphatic rings. The number of nitrogens with two attached hydrogens (primary N) is 1. The SMILES string of the molecule is CCCCC(N)c1cc(Br)sc1C. The molecule has 1 aromatic rings. The van der Waals surface area contributed by atoms with Gasteiger partial charge in [0.05, 0.1) is 3.79 Å². The highest BCUT2D eigenvalue weighted by molar-refractivity contribution is 9.11. The molecular weight excluding hydrogens is 246 g/mol. The Morgan fingerprint density at radius 1 is 1.62 bits per heavy atom. The first-order chi connectivity index (χ1) is 6.15. The van der Waals surface area contributed by atoms with Gasteiger partial charge in [-0.15, -0.1) is 11.3 Å². The third kappa shape index (κ3) is 3.08. The maximum Gasteiger partial charge on any atom is 0.0704 e. The highest BCUT2D eigenvalue weighted by atomic mass is 79.9. The van der Waals surface area contributed by atoms with E-state index in [1.54, 1.807) is 11.3 Å². The van der Waals surface area contributed by atoms with Crippen LogP contribution < -0.4 is 5.73 Å². The summed E-state index contributed by atoms with van der Waals surface area (Å²) in [6.45, 7) is 4.33. The van der Waals surface area contributed by atoms with Gasteiger partial charge in [-0.2, -0.15) is 0 Å². The Kier molecular flexibility index (Phi) is 4.42. The number of hydrogen-bond acceptors (Lipinski definition) is 2. The Hall–Kier alpha value is 0.140. The highest BCUT2D eigenvalue weighted by Crippen LogP contribution is 2.31. The molecule has 1 aromatic heterocycles. The Labute approximate surface area is 92.5 Å². The third-order valence-electron chi connectivity index (χ3n) is 2.19. The molecule has 1 rings (SSSR count). The van der Waals surface area contributed by atoms with Crippen LogP contribution in [0.3, 0.4) is 0 Å². The van der Waals surface area contributed by atoms with Gasteiger partial charge in [0.2, 0.25) is 0 Å². The molecule has 3 heteroatoms. The van der Waals surface area contributed by atoms with Crippen molar-refractivity contribution in [2.75, 3.05) is 0 Å². The van der Waals surface area contributed by atoms with Crippen molar-refractivity contribution in [3.8, 4) is 0 Å². The van der Waals surface area contributed by atoms with Crippen LogP contribution in [-0.4, -0.2) is 0 Å². The lowest BCUT2D eigenvalue weighted by atomic mass is 10.0. The number of rotatable bonds is 4. The molecule has 0 spiro atoms. The molecule has 1 nitrogen and oxygen atoms in total. The summed E-state index contributed by atoms with van der Waals surface area (Å²) >= 11 is 5.25. The first-order valence-electron chi connectivity index (χ1n) is 4.66. The van der Waals surface area contributed by atoms with E-state index >= 15 is 0 Å². The molecule has 2 N–H and O–H groups in total. The molecular formula is C10H16BrNS. The zero-order chi connectivity index (χ0) is 9.84. The largest absolute Gasteiger partial charge is 0.324 e. The normalized spacial score (nSPS) is 13.2. The topological polar surface area (TPSA) is 26.0 Å². The van der Waals surface area contributed by atoms with Crippen LogP contribution in [0.25, 0.3) is 0 Å². The van der Waals surface area contributed by atoms with Crippen molar-refractivity contribution in [3.63, 3.8) is 0 Å². The standard InChI is InChI=1S/C10H16BrNS/c1-3-4-5-9(12)8-6-10(11)13-7(8)2/h6,9H,3-5,12H2,1-2H3. The van der Waals surface area contributed by atoms with Gasteiger partial charge >= 0.3 is 0 Å². The molecule has 0 saturated heterocycles. The number of thiophene rings is 1. The molecule has 0 amide bonds. The molecule has 74 valence electrons. The summed E-state index contributed by atoms with van der Waals surface area (Å²) in [5.41, 5.74) is 7.39. The first kappa shape index (κ1) is 11.2. The van der Waals surface area contributed by atoms with Crippen molar-refractivity contribution in [1.29, 1.82) is 0 Å². The van der Waals surface area contributed by atoms with Gasteiger partial charge in [0.15, 0.2) is 0 Å². The summed E-state index contributed by atoms with van der Waals surface area (Å²) in [5.74, 6) is 0. The van der Waals surface area contributed by atoms with Crippen molar-refractivity contribution < 1.29 is 0 Å². The van der Waals surface area contributed by atoms with Crippen LogP contribution in [0.5, 0.6) is 0 Å². The van der Waals surface area contributed by atoms with Crippen molar-refractivity contribution in [2.45, 2.75) is 39.2 Å². The van der Waals surface area contributed by atoms with Crippen LogP contribution in [-0.2, 0) is 0 Å². The molecule has 0 aliphatic carbocycles. The summed E-state index contributed by atoms with van der Waals surface area (Å²) < 4.78 is 1.19. The van der Waals surface area contributed by atoms with E-state index in [0.717, 1.165) is 6.42 Å². The smallest absolute Gasteiger partial charge is 0.0704 e. The minimum atomic E-state index is 0.225. The summed E-state index contributed by atoms with van der Waals surface area (Å²) in [4.78, 5) is 1.34. The van der Waals surface area contributed by atoms with E-state index in [1.165, 1.54) is 27.1 Å². The minimum absolute atomic E-state index is 0.225. The average Bonchev–Trinajstić information content (AvgIpc) is 2.41. The van der Waals surface area contributed by atoms with E-state index in [4.69, 9.17) is 5.73 Å². The molecule has 0 aromatic carbocycles. The van der Waals surface area contributed by atoms with Crippen molar-refractivity contribution >= 4 is 27.3 Å². The minimum Gasteiger partial charge on any atom is -0.324 e. The van der Waals surface area contributed by atoms with Crippen LogP contribution in [0.15, 0.2) is 9.85 Å². The molecule has 0 bridgehead atoms. The van der Waals surface area contributed by atoms with Gasteiger partial charge in [0, 0.05) is 10.9 Å². The van der Waals surface area contributed by atoms with E-state index in [1.807, 2.05) is 0 Å². The van der Waals surface area contributed by atoms with E-state index in [2.05, 4.69) is 35.8 Å². The number of halogens is 1. The number of hydrogen-bond donors (Lipinski definition) is 1. The first-order valence-corrected chi connectivity index (χ1v) is 6.27. The number of aryl methyl sites for hydroxylation is 1. The lowest BCUT2D eigenvalue weighted by Gasteiger charge is -2.09. The van der Waals surface area contributed by atoms with Gasteiger partial charge in [-0.1, -0.05) is 19.8 Å². The van der Waals surface area contributed by atoms with Gasteiger partial charge in [-0.05, 0) is 40.9 Å². The fraction of sp³-hybridized carbons (Fsp3) is 0.600. The second-order valence-electron chi connectivity index (χ2n) is 3.31. The van der Waals surface area contributed by atoms with E-state index in [0.29, 0.717) is 0 Å². The quantitative estimate of drug-likeness (QED) is 0.871. The second kappa shape index (κ2) is 5.13. The third-order valence-corrected chi connectivity index (χ3v) is 3.76. The second-order valence-corrected chi connectivity index (χ2v) is 5.95. The molecule has 0 saturated carbocycles. The van der Waals surface area contributed by atoms with Gasteiger partial charge < -0.3 is 5.73 Å². The summed E-state index contributed by atoms with van der Waals surface area (Å²) in [6, 6.07) is 2.38. The fourth-order valence-electron chi connectivity index (χ4n) is 1.41. The Balaban J connectivity index is 2.64. The van der Waals surface area contributed by atoms with Crippen LogP contribution >= 0.6 is 27.3 Å². The van der Waals surface area contributed by atoms with Crippen molar-refractivity contribution in [2.24, 2.45) is 5.73 Å². The summed E-state index contributed by atoms with van der Waals surface area (Å²) in [5, 5.41) is 0. The summed E-state index contributed by atoms with van der Waals surface area (Å²) in [6.07, 6.45) is 3.53. The van der Waals surface area contributed by atoms with E-state index in [-0.39, 0.29) is 6.04 Å². The molecule has 1 atom stereocenters. The average molecular weight is 262 g/mol. The molecule has 0 fully saturated rings. The van der Waals surface area contributed by atoms with Gasteiger partial charge in [0.25, 0.3) is 0 Å². The molecule has 1 heterocycles. The maximum absolute atomic E-state index is 6.08. The molecule has 1 unspecified atom stereocenters. The summed E-state index contributed by atoms with van der Waals surface area (Å²) in [7, 11) is 0. The Morgan fingerprint density at radius 3 is 2.77 bits per heavy atom. The molecule has 0 aliphatic heterocycles. The molecule has 13 heavy (non-hydrogen) atoms. The monoisotopic (exact) mass is 261 g/mol. The van der Waals surface area contributed by atoms with Crippen molar-refractivity contribution in [1.82, 2.24) is 0 Å².